The molecule has 0 spiro atoms. The Hall–Kier alpha value is -1.52. The van der Waals surface area contributed by atoms with Crippen LogP contribution in [0.4, 0.5) is 5.69 Å². The first-order chi connectivity index (χ1) is 8.58. The molecule has 1 saturated carbocycles. The molecule has 18 heavy (non-hydrogen) atoms. The van der Waals surface area contributed by atoms with E-state index < -0.39 is 0 Å². The Bertz CT molecular complexity index is 452. The molecular formula is C13H22N4O. The van der Waals surface area contributed by atoms with Crippen LogP contribution in [0.3, 0.4) is 0 Å². The first-order valence-electron chi connectivity index (χ1n) is 6.70. The van der Waals surface area contributed by atoms with Crippen LogP contribution in [0.2, 0.25) is 0 Å². The molecule has 3 N–H and O–H groups in total. The van der Waals surface area contributed by atoms with E-state index in [2.05, 4.69) is 17.3 Å². The van der Waals surface area contributed by atoms with Crippen molar-refractivity contribution in [1.82, 2.24) is 15.1 Å². The van der Waals surface area contributed by atoms with Crippen LogP contribution in [0.1, 0.15) is 49.3 Å². The summed E-state index contributed by atoms with van der Waals surface area (Å²) in [7, 11) is 1.76. The predicted octanol–water partition coefficient (Wildman–Crippen LogP) is 1.48. The Balaban J connectivity index is 2.04. The van der Waals surface area contributed by atoms with Gasteiger partial charge in [0.25, 0.3) is 5.91 Å². The zero-order valence-corrected chi connectivity index (χ0v) is 11.4. The molecule has 2 atom stereocenters. The van der Waals surface area contributed by atoms with Crippen LogP contribution < -0.4 is 11.1 Å². The van der Waals surface area contributed by atoms with Gasteiger partial charge in [0.1, 0.15) is 5.69 Å². The minimum atomic E-state index is -0.0918. The van der Waals surface area contributed by atoms with Crippen LogP contribution in [-0.2, 0) is 13.5 Å². The van der Waals surface area contributed by atoms with Gasteiger partial charge < -0.3 is 11.1 Å². The van der Waals surface area contributed by atoms with Crippen molar-refractivity contribution in [3.63, 3.8) is 0 Å². The maximum absolute atomic E-state index is 12.2. The number of anilines is 1. The van der Waals surface area contributed by atoms with Gasteiger partial charge in [-0.15, -0.1) is 0 Å². The Morgan fingerprint density at radius 2 is 2.28 bits per heavy atom. The summed E-state index contributed by atoms with van der Waals surface area (Å²) in [6, 6.07) is 0.330. The molecule has 1 aromatic rings. The minimum Gasteiger partial charge on any atom is -0.395 e. The van der Waals surface area contributed by atoms with Crippen LogP contribution in [0.15, 0.2) is 0 Å². The average Bonchev–Trinajstić information content (AvgIpc) is 2.96. The molecule has 2 rings (SSSR count). The lowest BCUT2D eigenvalue weighted by Crippen LogP contribution is -2.29. The van der Waals surface area contributed by atoms with Crippen molar-refractivity contribution in [1.29, 1.82) is 0 Å². The van der Waals surface area contributed by atoms with Crippen molar-refractivity contribution in [2.45, 2.75) is 45.6 Å². The van der Waals surface area contributed by atoms with Gasteiger partial charge in [0.15, 0.2) is 0 Å². The van der Waals surface area contributed by atoms with Crippen LogP contribution in [0, 0.1) is 5.92 Å². The second kappa shape index (κ2) is 5.00. The summed E-state index contributed by atoms with van der Waals surface area (Å²) in [6.07, 6.45) is 4.20. The van der Waals surface area contributed by atoms with Gasteiger partial charge >= 0.3 is 0 Å². The fraction of sp³-hybridized carbons (Fsp3) is 0.692. The number of nitrogens with zero attached hydrogens (tertiary/aromatic N) is 2. The zero-order chi connectivity index (χ0) is 13.3. The van der Waals surface area contributed by atoms with E-state index in [0.29, 0.717) is 23.3 Å². The molecule has 100 valence electrons. The Morgan fingerprint density at radius 3 is 2.83 bits per heavy atom. The van der Waals surface area contributed by atoms with E-state index in [1.54, 1.807) is 11.7 Å². The second-order valence-corrected chi connectivity index (χ2v) is 5.05. The lowest BCUT2D eigenvalue weighted by atomic mass is 10.2. The number of aromatic nitrogens is 2. The first-order valence-corrected chi connectivity index (χ1v) is 6.70. The van der Waals surface area contributed by atoms with E-state index in [0.717, 1.165) is 18.5 Å². The molecule has 5 nitrogen and oxygen atoms in total. The Morgan fingerprint density at radius 1 is 1.56 bits per heavy atom. The molecule has 5 heteroatoms. The molecule has 0 aromatic carbocycles. The SMILES string of the molecule is CCCC1CC1NC(=O)c1c(N)c(CC)nn1C. The molecule has 1 aromatic heterocycles. The highest BCUT2D eigenvalue weighted by Gasteiger charge is 2.38. The third-order valence-corrected chi connectivity index (χ3v) is 3.61. The van der Waals surface area contributed by atoms with Gasteiger partial charge in [-0.2, -0.15) is 5.10 Å². The molecule has 0 aliphatic heterocycles. The van der Waals surface area contributed by atoms with E-state index >= 15 is 0 Å². The summed E-state index contributed by atoms with van der Waals surface area (Å²) >= 11 is 0. The van der Waals surface area contributed by atoms with Crippen molar-refractivity contribution < 1.29 is 4.79 Å². The number of nitrogens with two attached hydrogens (primary N) is 1. The molecule has 2 unspecified atom stereocenters. The van der Waals surface area contributed by atoms with Crippen molar-refractivity contribution in [2.24, 2.45) is 13.0 Å². The van der Waals surface area contributed by atoms with Gasteiger partial charge in [-0.05, 0) is 25.2 Å². The summed E-state index contributed by atoms with van der Waals surface area (Å²) in [6.45, 7) is 4.16. The number of aryl methyl sites for hydroxylation is 2. The summed E-state index contributed by atoms with van der Waals surface area (Å²) in [5, 5.41) is 7.31. The smallest absolute Gasteiger partial charge is 0.271 e. The number of carbonyl (C=O) groups is 1. The topological polar surface area (TPSA) is 72.9 Å². The summed E-state index contributed by atoms with van der Waals surface area (Å²) in [4.78, 5) is 12.2. The lowest BCUT2D eigenvalue weighted by Gasteiger charge is -2.05. The number of hydrogen-bond donors (Lipinski definition) is 2. The second-order valence-electron chi connectivity index (χ2n) is 5.05. The molecule has 1 aliphatic carbocycles. The maximum atomic E-state index is 12.2. The Kier molecular flexibility index (Phi) is 3.59. The van der Waals surface area contributed by atoms with Crippen LogP contribution in [0.5, 0.6) is 0 Å². The van der Waals surface area contributed by atoms with Crippen molar-refractivity contribution in [3.05, 3.63) is 11.4 Å². The summed E-state index contributed by atoms with van der Waals surface area (Å²) < 4.78 is 1.58. The molecule has 1 fully saturated rings. The number of rotatable bonds is 5. The normalized spacial score (nSPS) is 21.9. The third-order valence-electron chi connectivity index (χ3n) is 3.61. The molecule has 0 radical (unpaired) electrons. The molecule has 0 saturated heterocycles. The quantitative estimate of drug-likeness (QED) is 0.831. The van der Waals surface area contributed by atoms with Crippen LogP contribution in [0.25, 0.3) is 0 Å². The van der Waals surface area contributed by atoms with Gasteiger partial charge in [-0.1, -0.05) is 20.3 Å². The predicted molar refractivity (Wildman–Crippen MR) is 71.3 cm³/mol. The molecule has 1 aliphatic rings. The lowest BCUT2D eigenvalue weighted by molar-refractivity contribution is 0.0940. The van der Waals surface area contributed by atoms with E-state index in [-0.39, 0.29) is 5.91 Å². The Labute approximate surface area is 108 Å². The molecule has 0 bridgehead atoms. The van der Waals surface area contributed by atoms with Crippen molar-refractivity contribution in [2.75, 3.05) is 5.73 Å². The summed E-state index contributed by atoms with van der Waals surface area (Å²) in [5.41, 5.74) is 7.77. The highest BCUT2D eigenvalue weighted by atomic mass is 16.2. The number of nitrogens with one attached hydrogen (secondary N) is 1. The molecular weight excluding hydrogens is 228 g/mol. The number of hydrogen-bond acceptors (Lipinski definition) is 3. The standard InChI is InChI=1S/C13H22N4O/c1-4-6-8-7-10(8)15-13(18)12-11(14)9(5-2)16-17(12)3/h8,10H,4-7,14H2,1-3H3,(H,15,18). The fourth-order valence-corrected chi connectivity index (χ4v) is 2.48. The van der Waals surface area contributed by atoms with Crippen LogP contribution >= 0.6 is 0 Å². The fourth-order valence-electron chi connectivity index (χ4n) is 2.48. The zero-order valence-electron chi connectivity index (χ0n) is 11.4. The molecule has 1 heterocycles. The van der Waals surface area contributed by atoms with E-state index in [1.807, 2.05) is 6.92 Å². The third kappa shape index (κ3) is 2.35. The van der Waals surface area contributed by atoms with Crippen molar-refractivity contribution >= 4 is 11.6 Å². The van der Waals surface area contributed by atoms with E-state index in [4.69, 9.17) is 5.73 Å². The first kappa shape index (κ1) is 12.9. The van der Waals surface area contributed by atoms with Gasteiger partial charge in [-0.3, -0.25) is 9.48 Å². The van der Waals surface area contributed by atoms with Gasteiger partial charge in [0, 0.05) is 13.1 Å². The monoisotopic (exact) mass is 250 g/mol. The van der Waals surface area contributed by atoms with E-state index in [9.17, 15) is 4.79 Å². The summed E-state index contributed by atoms with van der Waals surface area (Å²) in [5.74, 6) is 0.560. The largest absolute Gasteiger partial charge is 0.395 e. The van der Waals surface area contributed by atoms with Gasteiger partial charge in [0.2, 0.25) is 0 Å². The maximum Gasteiger partial charge on any atom is 0.271 e. The van der Waals surface area contributed by atoms with Gasteiger partial charge in [0.05, 0.1) is 11.4 Å². The van der Waals surface area contributed by atoms with Crippen molar-refractivity contribution in [3.8, 4) is 0 Å². The average molecular weight is 250 g/mol. The van der Waals surface area contributed by atoms with Crippen LogP contribution in [-0.4, -0.2) is 21.7 Å². The number of amides is 1. The highest BCUT2D eigenvalue weighted by Crippen LogP contribution is 2.34. The number of carbonyl (C=O) groups excluding carboxylic acids is 1. The number of nitrogen functional groups attached to an aromatic ring is 1. The minimum absolute atomic E-state index is 0.0918. The molecule has 1 amide bonds. The van der Waals surface area contributed by atoms with Gasteiger partial charge in [-0.25, -0.2) is 0 Å². The highest BCUT2D eigenvalue weighted by molar-refractivity contribution is 5.98. The van der Waals surface area contributed by atoms with E-state index in [1.165, 1.54) is 12.8 Å².